The second-order valence-corrected chi connectivity index (χ2v) is 5.91. The van der Waals surface area contributed by atoms with Gasteiger partial charge in [0.05, 0.1) is 0 Å². The van der Waals surface area contributed by atoms with Gasteiger partial charge in [-0.05, 0) is 17.9 Å². The average molecular weight is 258 g/mol. The van der Waals surface area contributed by atoms with Crippen LogP contribution in [0.3, 0.4) is 0 Å². The summed E-state index contributed by atoms with van der Waals surface area (Å²) in [6.45, 7) is 6.98. The predicted octanol–water partition coefficient (Wildman–Crippen LogP) is 1.99. The summed E-state index contributed by atoms with van der Waals surface area (Å²) in [5.41, 5.74) is 1.36. The maximum absolute atomic E-state index is 12.1. The van der Waals surface area contributed by atoms with Gasteiger partial charge in [-0.25, -0.2) is 0 Å². The number of nitrogens with zero attached hydrogens (tertiary/aromatic N) is 2. The van der Waals surface area contributed by atoms with Gasteiger partial charge < -0.3 is 4.90 Å². The van der Waals surface area contributed by atoms with Gasteiger partial charge in [-0.15, -0.1) is 0 Å². The van der Waals surface area contributed by atoms with Crippen molar-refractivity contribution in [3.63, 3.8) is 0 Å². The van der Waals surface area contributed by atoms with E-state index in [1.807, 2.05) is 0 Å². The maximum Gasteiger partial charge on any atom is 0.226 e. The smallest absolute Gasteiger partial charge is 0.226 e. The van der Waals surface area contributed by atoms with E-state index in [1.165, 1.54) is 5.56 Å². The van der Waals surface area contributed by atoms with Crippen LogP contribution in [-0.4, -0.2) is 41.9 Å². The Morgan fingerprint density at radius 2 is 1.79 bits per heavy atom. The average Bonchev–Trinajstić information content (AvgIpc) is 3.17. The van der Waals surface area contributed by atoms with Crippen molar-refractivity contribution < 1.29 is 4.79 Å². The molecule has 2 fully saturated rings. The van der Waals surface area contributed by atoms with E-state index in [4.69, 9.17) is 0 Å². The van der Waals surface area contributed by atoms with Crippen molar-refractivity contribution >= 4 is 5.91 Å². The fraction of sp³-hybridized carbons (Fsp3) is 0.562. The third-order valence-corrected chi connectivity index (χ3v) is 4.36. The minimum atomic E-state index is 0.334. The number of carbonyl (C=O) groups is 1. The Balaban J connectivity index is 1.48. The fourth-order valence-electron chi connectivity index (χ4n) is 2.87. The van der Waals surface area contributed by atoms with Crippen LogP contribution in [-0.2, 0) is 11.3 Å². The first-order valence-corrected chi connectivity index (χ1v) is 7.29. The van der Waals surface area contributed by atoms with Crippen LogP contribution in [0.1, 0.15) is 18.9 Å². The Kier molecular flexibility index (Phi) is 3.56. The lowest BCUT2D eigenvalue weighted by atomic mass is 10.2. The normalized spacial score (nSPS) is 27.3. The third kappa shape index (κ3) is 2.98. The van der Waals surface area contributed by atoms with Crippen molar-refractivity contribution in [2.45, 2.75) is 19.9 Å². The molecule has 1 saturated heterocycles. The summed E-state index contributed by atoms with van der Waals surface area (Å²) in [5, 5.41) is 0. The highest BCUT2D eigenvalue weighted by Crippen LogP contribution is 2.39. The molecular weight excluding hydrogens is 236 g/mol. The molecule has 1 heterocycles. The van der Waals surface area contributed by atoms with Gasteiger partial charge in [0.25, 0.3) is 0 Å². The number of piperazine rings is 1. The molecule has 1 amide bonds. The molecule has 19 heavy (non-hydrogen) atoms. The quantitative estimate of drug-likeness (QED) is 0.828. The first-order valence-electron chi connectivity index (χ1n) is 7.29. The molecule has 0 N–H and O–H groups in total. The van der Waals surface area contributed by atoms with Gasteiger partial charge in [-0.2, -0.15) is 0 Å². The van der Waals surface area contributed by atoms with Gasteiger partial charge in [0.2, 0.25) is 5.91 Å². The Bertz CT molecular complexity index is 437. The molecule has 3 heteroatoms. The molecule has 1 aliphatic carbocycles. The van der Waals surface area contributed by atoms with E-state index < -0.39 is 0 Å². The van der Waals surface area contributed by atoms with Crippen molar-refractivity contribution in [1.82, 2.24) is 9.80 Å². The monoisotopic (exact) mass is 258 g/mol. The van der Waals surface area contributed by atoms with Crippen LogP contribution in [0.25, 0.3) is 0 Å². The van der Waals surface area contributed by atoms with Crippen LogP contribution in [0.2, 0.25) is 0 Å². The Morgan fingerprint density at radius 3 is 2.37 bits per heavy atom. The molecule has 3 nitrogen and oxygen atoms in total. The summed E-state index contributed by atoms with van der Waals surface area (Å²) < 4.78 is 0. The van der Waals surface area contributed by atoms with Crippen LogP contribution in [0, 0.1) is 11.8 Å². The molecule has 0 spiro atoms. The maximum atomic E-state index is 12.1. The zero-order chi connectivity index (χ0) is 13.2. The summed E-state index contributed by atoms with van der Waals surface area (Å²) in [7, 11) is 0. The van der Waals surface area contributed by atoms with E-state index >= 15 is 0 Å². The van der Waals surface area contributed by atoms with E-state index in [0.717, 1.165) is 39.1 Å². The standard InChI is InChI=1S/C16H22N2O/c1-13-11-15(13)16(19)18-9-7-17(8-10-18)12-14-5-3-2-4-6-14/h2-6,13,15H,7-12H2,1H3. The SMILES string of the molecule is CC1CC1C(=O)N1CCN(Cc2ccccc2)CC1. The molecule has 1 aromatic carbocycles. The molecule has 0 radical (unpaired) electrons. The zero-order valence-corrected chi connectivity index (χ0v) is 11.6. The topological polar surface area (TPSA) is 23.6 Å². The first kappa shape index (κ1) is 12.7. The van der Waals surface area contributed by atoms with Crippen LogP contribution in [0.5, 0.6) is 0 Å². The third-order valence-electron chi connectivity index (χ3n) is 4.36. The summed E-state index contributed by atoms with van der Waals surface area (Å²) in [5.74, 6) is 1.35. The van der Waals surface area contributed by atoms with E-state index in [9.17, 15) is 4.79 Å². The molecule has 2 unspecified atom stereocenters. The number of hydrogen-bond donors (Lipinski definition) is 0. The second kappa shape index (κ2) is 5.33. The summed E-state index contributed by atoms with van der Waals surface area (Å²) >= 11 is 0. The predicted molar refractivity (Wildman–Crippen MR) is 75.6 cm³/mol. The van der Waals surface area contributed by atoms with E-state index in [0.29, 0.717) is 17.7 Å². The molecule has 2 aliphatic rings. The largest absolute Gasteiger partial charge is 0.340 e. The lowest BCUT2D eigenvalue weighted by molar-refractivity contribution is -0.134. The van der Waals surface area contributed by atoms with Gasteiger partial charge >= 0.3 is 0 Å². The molecule has 1 aromatic rings. The molecule has 2 atom stereocenters. The first-order chi connectivity index (χ1) is 9.24. The fourth-order valence-corrected chi connectivity index (χ4v) is 2.87. The molecule has 1 saturated carbocycles. The zero-order valence-electron chi connectivity index (χ0n) is 11.6. The highest BCUT2D eigenvalue weighted by molar-refractivity contribution is 5.81. The number of rotatable bonds is 3. The molecule has 102 valence electrons. The lowest BCUT2D eigenvalue weighted by Gasteiger charge is -2.35. The van der Waals surface area contributed by atoms with Crippen LogP contribution >= 0.6 is 0 Å². The molecule has 1 aliphatic heterocycles. The van der Waals surface area contributed by atoms with Crippen molar-refractivity contribution in [1.29, 1.82) is 0 Å². The molecular formula is C16H22N2O. The van der Waals surface area contributed by atoms with Gasteiger partial charge in [0, 0.05) is 38.6 Å². The molecule has 0 bridgehead atoms. The van der Waals surface area contributed by atoms with Gasteiger partial charge in [0.1, 0.15) is 0 Å². The Hall–Kier alpha value is -1.35. The second-order valence-electron chi connectivity index (χ2n) is 5.91. The minimum Gasteiger partial charge on any atom is -0.340 e. The summed E-state index contributed by atoms with van der Waals surface area (Å²) in [6, 6.07) is 10.6. The van der Waals surface area contributed by atoms with Crippen molar-refractivity contribution in [2.24, 2.45) is 11.8 Å². The van der Waals surface area contributed by atoms with E-state index in [2.05, 4.69) is 47.1 Å². The number of hydrogen-bond acceptors (Lipinski definition) is 2. The van der Waals surface area contributed by atoms with Crippen LogP contribution in [0.4, 0.5) is 0 Å². The van der Waals surface area contributed by atoms with E-state index in [1.54, 1.807) is 0 Å². The molecule has 0 aromatic heterocycles. The number of amides is 1. The molecule has 3 rings (SSSR count). The lowest BCUT2D eigenvalue weighted by Crippen LogP contribution is -2.48. The summed E-state index contributed by atoms with van der Waals surface area (Å²) in [4.78, 5) is 16.6. The summed E-state index contributed by atoms with van der Waals surface area (Å²) in [6.07, 6.45) is 1.10. The Labute approximate surface area is 115 Å². The van der Waals surface area contributed by atoms with Crippen molar-refractivity contribution in [2.75, 3.05) is 26.2 Å². The highest BCUT2D eigenvalue weighted by atomic mass is 16.2. The van der Waals surface area contributed by atoms with Gasteiger partial charge in [0.15, 0.2) is 0 Å². The number of benzene rings is 1. The minimum absolute atomic E-state index is 0.334. The van der Waals surface area contributed by atoms with Crippen molar-refractivity contribution in [3.05, 3.63) is 35.9 Å². The Morgan fingerprint density at radius 1 is 1.16 bits per heavy atom. The van der Waals surface area contributed by atoms with E-state index in [-0.39, 0.29) is 0 Å². The van der Waals surface area contributed by atoms with Gasteiger partial charge in [-0.1, -0.05) is 37.3 Å². The number of carbonyl (C=O) groups excluding carboxylic acids is 1. The van der Waals surface area contributed by atoms with Crippen molar-refractivity contribution in [3.8, 4) is 0 Å². The van der Waals surface area contributed by atoms with Crippen LogP contribution < -0.4 is 0 Å². The highest BCUT2D eigenvalue weighted by Gasteiger charge is 2.41. The van der Waals surface area contributed by atoms with Crippen LogP contribution in [0.15, 0.2) is 30.3 Å². The van der Waals surface area contributed by atoms with Gasteiger partial charge in [-0.3, -0.25) is 9.69 Å².